The van der Waals surface area contributed by atoms with E-state index in [2.05, 4.69) is 20.2 Å². The molecule has 0 radical (unpaired) electrons. The molecule has 3 N–H and O–H groups in total. The van der Waals surface area contributed by atoms with Crippen molar-refractivity contribution in [1.82, 2.24) is 9.71 Å². The number of ether oxygens (including phenoxy) is 1. The molecule has 2 heterocycles. The zero-order valence-corrected chi connectivity index (χ0v) is 19.7. The predicted octanol–water partition coefficient (Wildman–Crippen LogP) is 1.73. The number of nitrogens with zero attached hydrogens (tertiary/aromatic N) is 2. The Morgan fingerprint density at radius 1 is 1.39 bits per heavy atom. The van der Waals surface area contributed by atoms with Crippen molar-refractivity contribution in [2.75, 3.05) is 25.1 Å². The van der Waals surface area contributed by atoms with Gasteiger partial charge in [-0.2, -0.15) is 4.39 Å². The van der Waals surface area contributed by atoms with Crippen molar-refractivity contribution in [2.45, 2.75) is 37.3 Å². The van der Waals surface area contributed by atoms with Gasteiger partial charge < -0.3 is 14.7 Å². The van der Waals surface area contributed by atoms with E-state index in [9.17, 15) is 22.7 Å². The molecule has 180 valence electrons. The molecule has 0 bridgehead atoms. The first-order chi connectivity index (χ1) is 15.7. The minimum absolute atomic E-state index is 0.0431. The molecule has 0 unspecified atom stereocenters. The van der Waals surface area contributed by atoms with Crippen LogP contribution in [0.3, 0.4) is 0 Å². The third-order valence-electron chi connectivity index (χ3n) is 4.84. The van der Waals surface area contributed by atoms with E-state index < -0.39 is 27.1 Å². The third kappa shape index (κ3) is 6.77. The standard InChI is InChI=1S/C20H25FN4O6S2/c1-12(2)16(10-26)25-33(28,29)15-5-3-13(4-6-15)18(24-31-14-7-8-30-11-14)19(27)23-20-22-9-17(21)32-20/h3-6,9,12,14,16,25-26H,7-8,10-11H2,1-2H3,(H,22,23,27)/t14-,16-/m1/s1. The highest BCUT2D eigenvalue weighted by molar-refractivity contribution is 7.89. The summed E-state index contributed by atoms with van der Waals surface area (Å²) in [5.41, 5.74) is 0.148. The van der Waals surface area contributed by atoms with Gasteiger partial charge in [-0.05, 0) is 18.1 Å². The first-order valence-electron chi connectivity index (χ1n) is 10.2. The van der Waals surface area contributed by atoms with Gasteiger partial charge in [-0.15, -0.1) is 0 Å². The third-order valence-corrected chi connectivity index (χ3v) is 7.05. The second-order valence-electron chi connectivity index (χ2n) is 7.63. The van der Waals surface area contributed by atoms with Crippen LogP contribution in [-0.2, 0) is 24.4 Å². The zero-order valence-electron chi connectivity index (χ0n) is 18.0. The maximum Gasteiger partial charge on any atom is 0.280 e. The van der Waals surface area contributed by atoms with Gasteiger partial charge in [0.25, 0.3) is 5.91 Å². The van der Waals surface area contributed by atoms with Crippen molar-refractivity contribution < 1.29 is 32.3 Å². The van der Waals surface area contributed by atoms with Gasteiger partial charge in [0.2, 0.25) is 10.0 Å². The molecule has 3 rings (SSSR count). The van der Waals surface area contributed by atoms with E-state index in [0.29, 0.717) is 31.0 Å². The second kappa shape index (κ2) is 11.1. The summed E-state index contributed by atoms with van der Waals surface area (Å²) < 4.78 is 46.2. The lowest BCUT2D eigenvalue weighted by Crippen LogP contribution is -2.41. The van der Waals surface area contributed by atoms with Gasteiger partial charge in [0.05, 0.1) is 30.9 Å². The van der Waals surface area contributed by atoms with Crippen LogP contribution in [0.4, 0.5) is 9.52 Å². The average molecular weight is 501 g/mol. The van der Waals surface area contributed by atoms with Crippen LogP contribution >= 0.6 is 11.3 Å². The molecule has 0 spiro atoms. The van der Waals surface area contributed by atoms with Gasteiger partial charge in [0.1, 0.15) is 0 Å². The Labute approximate surface area is 194 Å². The van der Waals surface area contributed by atoms with Crippen molar-refractivity contribution in [3.63, 3.8) is 0 Å². The zero-order chi connectivity index (χ0) is 24.0. The highest BCUT2D eigenvalue weighted by Gasteiger charge is 2.24. The summed E-state index contributed by atoms with van der Waals surface area (Å²) in [5.74, 6) is -0.809. The second-order valence-corrected chi connectivity index (χ2v) is 10.3. The molecular formula is C20H25FN4O6S2. The Morgan fingerprint density at radius 3 is 2.67 bits per heavy atom. The number of benzene rings is 1. The van der Waals surface area contributed by atoms with Crippen molar-refractivity contribution >= 4 is 38.1 Å². The van der Waals surface area contributed by atoms with Crippen molar-refractivity contribution in [3.05, 3.63) is 41.2 Å². The van der Waals surface area contributed by atoms with Gasteiger partial charge in [-0.1, -0.05) is 42.5 Å². The first-order valence-corrected chi connectivity index (χ1v) is 12.5. The molecule has 1 aromatic carbocycles. The van der Waals surface area contributed by atoms with E-state index in [-0.39, 0.29) is 39.9 Å². The number of hydrogen-bond donors (Lipinski definition) is 3. The van der Waals surface area contributed by atoms with Crippen LogP contribution in [0.1, 0.15) is 25.8 Å². The minimum atomic E-state index is -3.90. The fourth-order valence-corrected chi connectivity index (χ4v) is 4.78. The molecule has 13 heteroatoms. The van der Waals surface area contributed by atoms with E-state index in [1.165, 1.54) is 24.3 Å². The number of carbonyl (C=O) groups is 1. The molecule has 1 fully saturated rings. The highest BCUT2D eigenvalue weighted by atomic mass is 32.2. The lowest BCUT2D eigenvalue weighted by molar-refractivity contribution is -0.110. The van der Waals surface area contributed by atoms with Gasteiger partial charge in [-0.3, -0.25) is 10.1 Å². The minimum Gasteiger partial charge on any atom is -0.395 e. The summed E-state index contributed by atoms with van der Waals surface area (Å²) in [6, 6.07) is 4.81. The number of carbonyl (C=O) groups excluding carboxylic acids is 1. The Morgan fingerprint density at radius 2 is 2.12 bits per heavy atom. The smallest absolute Gasteiger partial charge is 0.280 e. The number of aliphatic hydroxyl groups is 1. The molecule has 33 heavy (non-hydrogen) atoms. The molecule has 0 aliphatic carbocycles. The van der Waals surface area contributed by atoms with Gasteiger partial charge in [0, 0.05) is 18.0 Å². The van der Waals surface area contributed by atoms with Crippen LogP contribution in [0, 0.1) is 11.0 Å². The summed E-state index contributed by atoms with van der Waals surface area (Å²) in [7, 11) is -3.90. The lowest BCUT2D eigenvalue weighted by atomic mass is 10.1. The fraction of sp³-hybridized carbons (Fsp3) is 0.450. The van der Waals surface area contributed by atoms with E-state index in [4.69, 9.17) is 9.57 Å². The van der Waals surface area contributed by atoms with Gasteiger partial charge in [0.15, 0.2) is 22.1 Å². The van der Waals surface area contributed by atoms with E-state index >= 15 is 0 Å². The number of hydrogen-bond acceptors (Lipinski definition) is 9. The number of thiazole rings is 1. The molecule has 1 amide bonds. The van der Waals surface area contributed by atoms with Crippen molar-refractivity contribution in [2.24, 2.45) is 11.1 Å². The number of anilines is 1. The Balaban J connectivity index is 1.83. The Kier molecular flexibility index (Phi) is 8.48. The van der Waals surface area contributed by atoms with Crippen LogP contribution in [0.5, 0.6) is 0 Å². The highest BCUT2D eigenvalue weighted by Crippen LogP contribution is 2.18. The molecule has 0 saturated carbocycles. The van der Waals surface area contributed by atoms with Gasteiger partial charge in [-0.25, -0.2) is 18.1 Å². The summed E-state index contributed by atoms with van der Waals surface area (Å²) >= 11 is 0.654. The van der Waals surface area contributed by atoms with Crippen LogP contribution in [0.15, 0.2) is 40.5 Å². The number of sulfonamides is 1. The Bertz CT molecular complexity index is 1080. The lowest BCUT2D eigenvalue weighted by Gasteiger charge is -2.20. The predicted molar refractivity (Wildman–Crippen MR) is 120 cm³/mol. The number of halogens is 1. The molecule has 2 aromatic rings. The summed E-state index contributed by atoms with van der Waals surface area (Å²) in [6.07, 6.45) is 1.27. The first kappa shape index (κ1) is 25.2. The fourth-order valence-electron chi connectivity index (χ4n) is 2.86. The number of oxime groups is 1. The molecular weight excluding hydrogens is 475 g/mol. The molecule has 10 nitrogen and oxygen atoms in total. The van der Waals surface area contributed by atoms with E-state index in [1.807, 2.05) is 0 Å². The molecule has 1 saturated heterocycles. The molecule has 1 aromatic heterocycles. The molecule has 1 aliphatic heterocycles. The Hall–Kier alpha value is -2.45. The topological polar surface area (TPSA) is 139 Å². The number of nitrogens with one attached hydrogen (secondary N) is 2. The van der Waals surface area contributed by atoms with Crippen LogP contribution in [0.25, 0.3) is 0 Å². The SMILES string of the molecule is CC(C)[C@@H](CO)NS(=O)(=O)c1ccc(C(=NO[C@@H]2CCOC2)C(=O)Nc2ncc(F)s2)cc1. The van der Waals surface area contributed by atoms with E-state index in [1.54, 1.807) is 13.8 Å². The monoisotopic (exact) mass is 500 g/mol. The maximum absolute atomic E-state index is 13.2. The largest absolute Gasteiger partial charge is 0.395 e. The summed E-state index contributed by atoms with van der Waals surface area (Å²) in [5, 5.41) is 15.3. The normalized spacial score (nSPS) is 17.8. The quantitative estimate of drug-likeness (QED) is 0.333. The maximum atomic E-state index is 13.2. The van der Waals surface area contributed by atoms with E-state index in [0.717, 1.165) is 6.20 Å². The summed E-state index contributed by atoms with van der Waals surface area (Å²) in [4.78, 5) is 21.9. The van der Waals surface area contributed by atoms with Gasteiger partial charge >= 0.3 is 0 Å². The average Bonchev–Trinajstić information content (AvgIpc) is 3.44. The molecule has 2 atom stereocenters. The number of aliphatic hydroxyl groups excluding tert-OH is 1. The van der Waals surface area contributed by atoms with Crippen molar-refractivity contribution in [1.29, 1.82) is 0 Å². The number of rotatable bonds is 10. The summed E-state index contributed by atoms with van der Waals surface area (Å²) in [6.45, 7) is 4.09. The van der Waals surface area contributed by atoms with Crippen LogP contribution < -0.4 is 10.0 Å². The van der Waals surface area contributed by atoms with Crippen molar-refractivity contribution in [3.8, 4) is 0 Å². The number of aromatic nitrogens is 1. The van der Waals surface area contributed by atoms with Crippen LogP contribution in [-0.4, -0.2) is 62.1 Å². The molecule has 1 aliphatic rings. The number of amides is 1. The van der Waals surface area contributed by atoms with Crippen LogP contribution in [0.2, 0.25) is 0 Å².